The smallest absolute Gasteiger partial charge is 0.372 e. The highest BCUT2D eigenvalue weighted by Crippen LogP contribution is 2.26. The van der Waals surface area contributed by atoms with Gasteiger partial charge in [-0.1, -0.05) is 0 Å². The van der Waals surface area contributed by atoms with Crippen molar-refractivity contribution in [1.29, 1.82) is 0 Å². The maximum Gasteiger partial charge on any atom is 0.372 e. The Balaban J connectivity index is 2.91. The molecule has 0 bridgehead atoms. The van der Waals surface area contributed by atoms with E-state index in [0.29, 0.717) is 0 Å². The fourth-order valence-corrected chi connectivity index (χ4v) is 0.724. The first-order chi connectivity index (χ1) is 4.88. The Morgan fingerprint density at radius 2 is 1.82 bits per heavy atom. The van der Waals surface area contributed by atoms with Crippen LogP contribution in [0.3, 0.4) is 0 Å². The fraction of sp³-hybridized carbons (Fsp3) is 0.800. The zero-order valence-electron chi connectivity index (χ0n) is 5.52. The van der Waals surface area contributed by atoms with Crippen molar-refractivity contribution in [1.82, 2.24) is 0 Å². The van der Waals surface area contributed by atoms with E-state index in [2.05, 4.69) is 4.74 Å². The first-order valence-corrected chi connectivity index (χ1v) is 2.94. The van der Waals surface area contributed by atoms with Crippen LogP contribution in [0, 0.1) is 0 Å². The van der Waals surface area contributed by atoms with E-state index >= 15 is 0 Å². The SMILES string of the molecule is O=C1OCCC(O)(O)C1(O)O. The van der Waals surface area contributed by atoms with Crippen LogP contribution >= 0.6 is 0 Å². The Labute approximate surface area is 61.6 Å². The van der Waals surface area contributed by atoms with Gasteiger partial charge in [0.2, 0.25) is 5.79 Å². The van der Waals surface area contributed by atoms with Crippen LogP contribution in [0.4, 0.5) is 0 Å². The van der Waals surface area contributed by atoms with Gasteiger partial charge in [0, 0.05) is 6.42 Å². The highest BCUT2D eigenvalue weighted by molar-refractivity contribution is 5.79. The predicted octanol–water partition coefficient (Wildman–Crippen LogP) is -2.70. The van der Waals surface area contributed by atoms with Crippen molar-refractivity contribution in [2.24, 2.45) is 0 Å². The second-order valence-corrected chi connectivity index (χ2v) is 2.37. The lowest BCUT2D eigenvalue weighted by molar-refractivity contribution is -0.361. The van der Waals surface area contributed by atoms with Crippen molar-refractivity contribution in [2.45, 2.75) is 18.0 Å². The van der Waals surface area contributed by atoms with Crippen LogP contribution in [-0.4, -0.2) is 44.6 Å². The van der Waals surface area contributed by atoms with E-state index in [9.17, 15) is 4.79 Å². The van der Waals surface area contributed by atoms with Gasteiger partial charge < -0.3 is 25.2 Å². The molecule has 0 aromatic rings. The maximum absolute atomic E-state index is 10.5. The van der Waals surface area contributed by atoms with Crippen molar-refractivity contribution in [2.75, 3.05) is 6.61 Å². The summed E-state index contributed by atoms with van der Waals surface area (Å²) in [5, 5.41) is 35.2. The van der Waals surface area contributed by atoms with E-state index < -0.39 is 24.0 Å². The van der Waals surface area contributed by atoms with Crippen molar-refractivity contribution in [3.05, 3.63) is 0 Å². The fourth-order valence-electron chi connectivity index (χ4n) is 0.724. The zero-order chi connectivity index (χ0) is 8.70. The molecule has 0 atom stereocenters. The Morgan fingerprint density at radius 3 is 2.18 bits per heavy atom. The molecule has 6 heteroatoms. The summed E-state index contributed by atoms with van der Waals surface area (Å²) in [5.41, 5.74) is 0. The molecule has 0 spiro atoms. The average molecular weight is 164 g/mol. The third-order valence-electron chi connectivity index (χ3n) is 1.53. The van der Waals surface area contributed by atoms with Gasteiger partial charge in [-0.15, -0.1) is 0 Å². The molecular formula is C5H8O6. The second kappa shape index (κ2) is 2.15. The summed E-state index contributed by atoms with van der Waals surface area (Å²) >= 11 is 0. The van der Waals surface area contributed by atoms with Crippen LogP contribution in [0.5, 0.6) is 0 Å². The van der Waals surface area contributed by atoms with Gasteiger partial charge in [0.25, 0.3) is 0 Å². The van der Waals surface area contributed by atoms with E-state index in [4.69, 9.17) is 20.4 Å². The molecule has 1 fully saturated rings. The van der Waals surface area contributed by atoms with Gasteiger partial charge in [0.15, 0.2) is 0 Å². The molecule has 0 saturated carbocycles. The topological polar surface area (TPSA) is 107 Å². The number of aliphatic hydroxyl groups is 4. The minimum atomic E-state index is -3.22. The number of hydrogen-bond donors (Lipinski definition) is 4. The molecule has 0 unspecified atom stereocenters. The van der Waals surface area contributed by atoms with Gasteiger partial charge in [-0.2, -0.15) is 0 Å². The highest BCUT2D eigenvalue weighted by Gasteiger charge is 2.57. The number of cyclic esters (lactones) is 1. The number of hydrogen-bond acceptors (Lipinski definition) is 6. The summed E-state index contributed by atoms with van der Waals surface area (Å²) in [6, 6.07) is 0. The molecule has 1 heterocycles. The molecule has 1 aliphatic heterocycles. The Kier molecular flexibility index (Phi) is 1.64. The normalized spacial score (nSPS) is 27.8. The Hall–Kier alpha value is -0.690. The first kappa shape index (κ1) is 8.41. The van der Waals surface area contributed by atoms with Gasteiger partial charge in [0.1, 0.15) is 0 Å². The van der Waals surface area contributed by atoms with Crippen molar-refractivity contribution >= 4 is 5.97 Å². The number of esters is 1. The third kappa shape index (κ3) is 1.10. The molecule has 0 aromatic carbocycles. The standard InChI is InChI=1S/C5H8O6/c6-3-5(9,10)4(7,8)1-2-11-3/h7-10H,1-2H2. The first-order valence-electron chi connectivity index (χ1n) is 2.94. The van der Waals surface area contributed by atoms with Crippen LogP contribution in [0.2, 0.25) is 0 Å². The summed E-state index contributed by atoms with van der Waals surface area (Å²) in [7, 11) is 0. The van der Waals surface area contributed by atoms with Crippen LogP contribution in [-0.2, 0) is 9.53 Å². The van der Waals surface area contributed by atoms with Crippen molar-refractivity contribution in [3.63, 3.8) is 0 Å². The highest BCUT2D eigenvalue weighted by atomic mass is 16.7. The molecule has 1 saturated heterocycles. The molecule has 0 aliphatic carbocycles. The summed E-state index contributed by atoms with van der Waals surface area (Å²) in [5.74, 6) is -7.48. The van der Waals surface area contributed by atoms with Gasteiger partial charge in [-0.25, -0.2) is 4.79 Å². The van der Waals surface area contributed by atoms with E-state index in [1.165, 1.54) is 0 Å². The van der Waals surface area contributed by atoms with E-state index in [1.807, 2.05) is 0 Å². The maximum atomic E-state index is 10.5. The Morgan fingerprint density at radius 1 is 1.27 bits per heavy atom. The summed E-state index contributed by atoms with van der Waals surface area (Å²) < 4.78 is 4.17. The third-order valence-corrected chi connectivity index (χ3v) is 1.53. The quantitative estimate of drug-likeness (QED) is 0.229. The number of carbonyl (C=O) groups excluding carboxylic acids is 1. The molecular weight excluding hydrogens is 156 g/mol. The van der Waals surface area contributed by atoms with Gasteiger partial charge >= 0.3 is 11.8 Å². The average Bonchev–Trinajstić information content (AvgIpc) is 1.84. The van der Waals surface area contributed by atoms with Crippen molar-refractivity contribution in [3.8, 4) is 0 Å². The molecule has 0 amide bonds. The lowest BCUT2D eigenvalue weighted by Crippen LogP contribution is -2.63. The van der Waals surface area contributed by atoms with Crippen LogP contribution in [0.1, 0.15) is 6.42 Å². The van der Waals surface area contributed by atoms with E-state index in [0.717, 1.165) is 0 Å². The Bertz CT molecular complexity index is 183. The second-order valence-electron chi connectivity index (χ2n) is 2.37. The number of rotatable bonds is 0. The van der Waals surface area contributed by atoms with Crippen LogP contribution in [0.25, 0.3) is 0 Å². The molecule has 0 aromatic heterocycles. The number of ether oxygens (including phenoxy) is 1. The van der Waals surface area contributed by atoms with Gasteiger partial charge in [0.05, 0.1) is 6.61 Å². The van der Waals surface area contributed by atoms with Crippen molar-refractivity contribution < 1.29 is 30.0 Å². The van der Waals surface area contributed by atoms with Crippen LogP contribution < -0.4 is 0 Å². The van der Waals surface area contributed by atoms with Gasteiger partial charge in [-0.3, -0.25) is 0 Å². The molecule has 4 N–H and O–H groups in total. The van der Waals surface area contributed by atoms with Crippen LogP contribution in [0.15, 0.2) is 0 Å². The molecule has 11 heavy (non-hydrogen) atoms. The summed E-state index contributed by atoms with van der Waals surface area (Å²) in [6.45, 7) is -0.241. The number of carbonyl (C=O) groups is 1. The largest absolute Gasteiger partial charge is 0.461 e. The summed E-state index contributed by atoms with van der Waals surface area (Å²) in [6.07, 6.45) is -0.425. The minimum Gasteiger partial charge on any atom is -0.461 e. The molecule has 0 radical (unpaired) electrons. The monoisotopic (exact) mass is 164 g/mol. The molecule has 1 rings (SSSR count). The lowest BCUT2D eigenvalue weighted by Gasteiger charge is -2.36. The predicted molar refractivity (Wildman–Crippen MR) is 29.9 cm³/mol. The minimum absolute atomic E-state index is 0.241. The lowest BCUT2D eigenvalue weighted by atomic mass is 10.0. The van der Waals surface area contributed by atoms with E-state index in [1.54, 1.807) is 0 Å². The zero-order valence-corrected chi connectivity index (χ0v) is 5.52. The summed E-state index contributed by atoms with van der Waals surface area (Å²) in [4.78, 5) is 10.5. The van der Waals surface area contributed by atoms with Gasteiger partial charge in [-0.05, 0) is 0 Å². The molecule has 64 valence electrons. The molecule has 1 aliphatic rings. The van der Waals surface area contributed by atoms with E-state index in [-0.39, 0.29) is 6.61 Å². The molecule has 6 nitrogen and oxygen atoms in total.